The van der Waals surface area contributed by atoms with E-state index < -0.39 is 10.0 Å². The molecular weight excluding hydrogens is 305 g/mol. The number of nitrogens with one attached hydrogen (secondary N) is 1. The third-order valence-electron chi connectivity index (χ3n) is 3.04. The van der Waals surface area contributed by atoms with Crippen LogP contribution in [-0.2, 0) is 22.3 Å². The molecule has 0 spiro atoms. The van der Waals surface area contributed by atoms with Gasteiger partial charge in [0, 0.05) is 32.4 Å². The maximum absolute atomic E-state index is 12.8. The molecule has 0 aliphatic carbocycles. The molecule has 5 nitrogen and oxygen atoms in total. The first-order chi connectivity index (χ1) is 10.4. The summed E-state index contributed by atoms with van der Waals surface area (Å²) in [5.41, 5.74) is 1.32. The second-order valence-electron chi connectivity index (χ2n) is 5.09. The second-order valence-corrected chi connectivity index (χ2v) is 6.89. The van der Waals surface area contributed by atoms with Crippen LogP contribution in [0.15, 0.2) is 42.6 Å². The highest BCUT2D eigenvalue weighted by Gasteiger charge is 2.13. The number of hydrogen-bond acceptors (Lipinski definition) is 4. The van der Waals surface area contributed by atoms with Crippen molar-refractivity contribution in [1.82, 2.24) is 9.71 Å². The molecule has 0 saturated carbocycles. The first-order valence-electron chi connectivity index (χ1n) is 6.70. The van der Waals surface area contributed by atoms with E-state index in [0.29, 0.717) is 11.4 Å². The molecule has 1 aromatic heterocycles. The molecule has 7 heteroatoms. The van der Waals surface area contributed by atoms with Crippen LogP contribution in [-0.4, -0.2) is 27.5 Å². The highest BCUT2D eigenvalue weighted by atomic mass is 32.2. The number of pyridine rings is 1. The predicted octanol–water partition coefficient (Wildman–Crippen LogP) is 1.91. The van der Waals surface area contributed by atoms with Crippen molar-refractivity contribution in [2.24, 2.45) is 0 Å². The molecule has 0 atom stereocenters. The summed E-state index contributed by atoms with van der Waals surface area (Å²) in [7, 11) is 0.185. The van der Waals surface area contributed by atoms with Crippen LogP contribution in [0.4, 0.5) is 10.2 Å². The van der Waals surface area contributed by atoms with Gasteiger partial charge in [-0.15, -0.1) is 0 Å². The van der Waals surface area contributed by atoms with Gasteiger partial charge in [0.25, 0.3) is 0 Å². The predicted molar refractivity (Wildman–Crippen MR) is 84.4 cm³/mol. The summed E-state index contributed by atoms with van der Waals surface area (Å²) in [6, 6.07) is 9.00. The maximum atomic E-state index is 12.8. The molecule has 118 valence electrons. The van der Waals surface area contributed by atoms with Crippen molar-refractivity contribution in [3.8, 4) is 0 Å². The van der Waals surface area contributed by atoms with E-state index in [2.05, 4.69) is 9.71 Å². The topological polar surface area (TPSA) is 62.3 Å². The molecule has 2 aromatic rings. The minimum Gasteiger partial charge on any atom is -0.362 e. The van der Waals surface area contributed by atoms with Crippen molar-refractivity contribution in [1.29, 1.82) is 0 Å². The fourth-order valence-corrected chi connectivity index (χ4v) is 3.12. The van der Waals surface area contributed by atoms with Crippen LogP contribution < -0.4 is 9.62 Å². The van der Waals surface area contributed by atoms with E-state index in [4.69, 9.17) is 0 Å². The lowest BCUT2D eigenvalue weighted by molar-refractivity contribution is 0.580. The van der Waals surface area contributed by atoms with Crippen LogP contribution in [0.2, 0.25) is 0 Å². The summed E-state index contributed by atoms with van der Waals surface area (Å²) >= 11 is 0. The van der Waals surface area contributed by atoms with Gasteiger partial charge in [-0.3, -0.25) is 0 Å². The molecule has 0 amide bonds. The first-order valence-corrected chi connectivity index (χ1v) is 8.35. The molecule has 0 saturated heterocycles. The zero-order valence-electron chi connectivity index (χ0n) is 12.5. The van der Waals surface area contributed by atoms with Gasteiger partial charge in [-0.05, 0) is 23.8 Å². The largest absolute Gasteiger partial charge is 0.362 e. The first kappa shape index (κ1) is 16.4. The average Bonchev–Trinajstić information content (AvgIpc) is 2.48. The van der Waals surface area contributed by atoms with Gasteiger partial charge in [0.05, 0.1) is 5.75 Å². The van der Waals surface area contributed by atoms with E-state index in [-0.39, 0.29) is 18.1 Å². The molecule has 1 N–H and O–H groups in total. The Kier molecular flexibility index (Phi) is 5.10. The number of anilines is 1. The molecule has 0 bridgehead atoms. The third kappa shape index (κ3) is 4.51. The van der Waals surface area contributed by atoms with Crippen molar-refractivity contribution in [3.63, 3.8) is 0 Å². The summed E-state index contributed by atoms with van der Waals surface area (Å²) < 4.78 is 39.6. The summed E-state index contributed by atoms with van der Waals surface area (Å²) in [6.45, 7) is 0.158. The highest BCUT2D eigenvalue weighted by molar-refractivity contribution is 7.88. The number of aromatic nitrogens is 1. The molecule has 0 fully saturated rings. The van der Waals surface area contributed by atoms with Crippen LogP contribution in [0.25, 0.3) is 0 Å². The lowest BCUT2D eigenvalue weighted by Gasteiger charge is -2.16. The van der Waals surface area contributed by atoms with Crippen LogP contribution in [0.5, 0.6) is 0 Å². The molecule has 0 unspecified atom stereocenters. The van der Waals surface area contributed by atoms with Crippen molar-refractivity contribution in [2.45, 2.75) is 12.3 Å². The number of rotatable bonds is 6. The molecule has 1 aromatic carbocycles. The Hall–Kier alpha value is -1.99. The number of nitrogens with zero attached hydrogens (tertiary/aromatic N) is 2. The quantitative estimate of drug-likeness (QED) is 0.882. The fraction of sp³-hybridized carbons (Fsp3) is 0.267. The second kappa shape index (κ2) is 6.85. The monoisotopic (exact) mass is 323 g/mol. The smallest absolute Gasteiger partial charge is 0.216 e. The summed E-state index contributed by atoms with van der Waals surface area (Å²) in [4.78, 5) is 6.05. The Labute approximate surface area is 129 Å². The molecular formula is C15H18FN3O2S. The Morgan fingerprint density at radius 3 is 2.50 bits per heavy atom. The lowest BCUT2D eigenvalue weighted by Crippen LogP contribution is -2.26. The van der Waals surface area contributed by atoms with Crippen molar-refractivity contribution < 1.29 is 12.8 Å². The lowest BCUT2D eigenvalue weighted by atomic mass is 10.2. The zero-order chi connectivity index (χ0) is 16.2. The van der Waals surface area contributed by atoms with E-state index in [1.54, 1.807) is 12.3 Å². The average molecular weight is 323 g/mol. The number of hydrogen-bond donors (Lipinski definition) is 1. The summed E-state index contributed by atoms with van der Waals surface area (Å²) in [5.74, 6) is 0.136. The zero-order valence-corrected chi connectivity index (χ0v) is 13.3. The van der Waals surface area contributed by atoms with Gasteiger partial charge in [-0.1, -0.05) is 18.2 Å². The van der Waals surface area contributed by atoms with Gasteiger partial charge in [0.15, 0.2) is 0 Å². The summed E-state index contributed by atoms with van der Waals surface area (Å²) in [6.07, 6.45) is 1.66. The van der Waals surface area contributed by atoms with Gasteiger partial charge in [0.2, 0.25) is 10.0 Å². The van der Waals surface area contributed by atoms with Gasteiger partial charge in [-0.25, -0.2) is 22.5 Å². The van der Waals surface area contributed by atoms with Crippen LogP contribution in [0.3, 0.4) is 0 Å². The van der Waals surface area contributed by atoms with Gasteiger partial charge in [-0.2, -0.15) is 0 Å². The van der Waals surface area contributed by atoms with E-state index in [9.17, 15) is 12.8 Å². The van der Waals surface area contributed by atoms with E-state index >= 15 is 0 Å². The van der Waals surface area contributed by atoms with Crippen LogP contribution in [0.1, 0.15) is 11.1 Å². The van der Waals surface area contributed by atoms with E-state index in [0.717, 1.165) is 5.56 Å². The van der Waals surface area contributed by atoms with E-state index in [1.807, 2.05) is 25.1 Å². The molecule has 22 heavy (non-hydrogen) atoms. The normalized spacial score (nSPS) is 11.4. The molecule has 2 rings (SSSR count). The molecule has 0 aliphatic heterocycles. The third-order valence-corrected chi connectivity index (χ3v) is 4.34. The number of benzene rings is 1. The van der Waals surface area contributed by atoms with Crippen molar-refractivity contribution >= 4 is 15.8 Å². The minimum absolute atomic E-state index is 0.158. The summed E-state index contributed by atoms with van der Waals surface area (Å²) in [5, 5.41) is 0. The maximum Gasteiger partial charge on any atom is 0.216 e. The van der Waals surface area contributed by atoms with Crippen LogP contribution >= 0.6 is 0 Å². The Bertz CT molecular complexity index is 731. The Morgan fingerprint density at radius 2 is 1.86 bits per heavy atom. The Balaban J connectivity index is 2.05. The standard InChI is InChI=1S/C15H18FN3O2S/c1-19(2)15-13(4-3-9-17-15)10-18-22(20,21)11-12-5-7-14(16)8-6-12/h3-9,18H,10-11H2,1-2H3. The van der Waals surface area contributed by atoms with Crippen LogP contribution in [0, 0.1) is 5.82 Å². The molecule has 1 heterocycles. The van der Waals surface area contributed by atoms with E-state index in [1.165, 1.54) is 24.3 Å². The molecule has 0 aliphatic rings. The minimum atomic E-state index is -3.51. The van der Waals surface area contributed by atoms with Gasteiger partial charge >= 0.3 is 0 Å². The van der Waals surface area contributed by atoms with Gasteiger partial charge in [0.1, 0.15) is 11.6 Å². The van der Waals surface area contributed by atoms with Gasteiger partial charge < -0.3 is 4.90 Å². The van der Waals surface area contributed by atoms with Crippen molar-refractivity contribution in [3.05, 3.63) is 59.5 Å². The number of sulfonamides is 1. The van der Waals surface area contributed by atoms with Crippen molar-refractivity contribution in [2.75, 3.05) is 19.0 Å². The fourth-order valence-electron chi connectivity index (χ4n) is 2.01. The highest BCUT2D eigenvalue weighted by Crippen LogP contribution is 2.15. The number of halogens is 1. The SMILES string of the molecule is CN(C)c1ncccc1CNS(=O)(=O)Cc1ccc(F)cc1. The Morgan fingerprint density at radius 1 is 1.18 bits per heavy atom. The molecule has 0 radical (unpaired) electrons.